The van der Waals surface area contributed by atoms with Crippen LogP contribution in [0.1, 0.15) is 27.7 Å². The van der Waals surface area contributed by atoms with Crippen molar-refractivity contribution in [3.05, 3.63) is 0 Å². The van der Waals surface area contributed by atoms with Crippen molar-refractivity contribution >= 4 is 11.9 Å². The number of amides is 1. The number of nitrogens with one attached hydrogen (secondary N) is 1. The van der Waals surface area contributed by atoms with Crippen LogP contribution in [-0.4, -0.2) is 25.0 Å². The van der Waals surface area contributed by atoms with Crippen molar-refractivity contribution in [1.82, 2.24) is 5.32 Å². The molecule has 4 heteroatoms. The summed E-state index contributed by atoms with van der Waals surface area (Å²) in [4.78, 5) is 23.4. The van der Waals surface area contributed by atoms with E-state index in [9.17, 15) is 9.59 Å². The molecular weight excluding hydrogens is 206 g/mol. The quantitative estimate of drug-likeness (QED) is 0.440. The second kappa shape index (κ2) is 6.16. The summed E-state index contributed by atoms with van der Waals surface area (Å²) in [5.74, 6) is 0.564. The molecule has 0 aromatic heterocycles. The SMILES string of the molecule is C#CCNC(=O)C(C(=O)OCC)C(C)(C)C. The van der Waals surface area contributed by atoms with Crippen LogP contribution in [0.4, 0.5) is 0 Å². The molecule has 16 heavy (non-hydrogen) atoms. The number of esters is 1. The van der Waals surface area contributed by atoms with Gasteiger partial charge in [-0.05, 0) is 12.3 Å². The van der Waals surface area contributed by atoms with Crippen molar-refractivity contribution in [1.29, 1.82) is 0 Å². The summed E-state index contributed by atoms with van der Waals surface area (Å²) in [7, 11) is 0. The maximum absolute atomic E-state index is 11.8. The Morgan fingerprint density at radius 2 is 2.00 bits per heavy atom. The van der Waals surface area contributed by atoms with Gasteiger partial charge in [-0.2, -0.15) is 0 Å². The molecule has 0 aliphatic carbocycles. The van der Waals surface area contributed by atoms with Crippen LogP contribution in [-0.2, 0) is 14.3 Å². The monoisotopic (exact) mass is 225 g/mol. The molecule has 1 unspecified atom stereocenters. The zero-order valence-corrected chi connectivity index (χ0v) is 10.3. The van der Waals surface area contributed by atoms with Gasteiger partial charge in [0.15, 0.2) is 0 Å². The Labute approximate surface area is 96.7 Å². The van der Waals surface area contributed by atoms with E-state index in [-0.39, 0.29) is 19.1 Å². The first kappa shape index (κ1) is 14.5. The number of terminal acetylenes is 1. The second-order valence-electron chi connectivity index (χ2n) is 4.47. The molecule has 1 amide bonds. The van der Waals surface area contributed by atoms with Crippen LogP contribution in [0.3, 0.4) is 0 Å². The van der Waals surface area contributed by atoms with Crippen molar-refractivity contribution in [3.63, 3.8) is 0 Å². The van der Waals surface area contributed by atoms with Crippen LogP contribution in [0, 0.1) is 23.7 Å². The molecule has 0 rings (SSSR count). The first-order valence-electron chi connectivity index (χ1n) is 5.22. The molecule has 4 nitrogen and oxygen atoms in total. The number of rotatable bonds is 4. The van der Waals surface area contributed by atoms with Crippen molar-refractivity contribution in [2.24, 2.45) is 11.3 Å². The molecule has 0 fully saturated rings. The largest absolute Gasteiger partial charge is 0.465 e. The molecule has 0 saturated heterocycles. The van der Waals surface area contributed by atoms with Gasteiger partial charge in [-0.1, -0.05) is 26.7 Å². The van der Waals surface area contributed by atoms with Gasteiger partial charge < -0.3 is 10.1 Å². The molecule has 0 saturated carbocycles. The summed E-state index contributed by atoms with van der Waals surface area (Å²) in [6, 6.07) is 0. The third-order valence-electron chi connectivity index (χ3n) is 2.02. The van der Waals surface area contributed by atoms with Crippen LogP contribution < -0.4 is 5.32 Å². The van der Waals surface area contributed by atoms with Crippen molar-refractivity contribution in [2.75, 3.05) is 13.2 Å². The highest BCUT2D eigenvalue weighted by molar-refractivity contribution is 5.98. The molecular formula is C12H19NO3. The van der Waals surface area contributed by atoms with Crippen LogP contribution in [0.25, 0.3) is 0 Å². The Hall–Kier alpha value is -1.50. The van der Waals surface area contributed by atoms with E-state index in [1.54, 1.807) is 6.92 Å². The molecule has 0 spiro atoms. The van der Waals surface area contributed by atoms with E-state index in [4.69, 9.17) is 11.2 Å². The van der Waals surface area contributed by atoms with Gasteiger partial charge in [0.1, 0.15) is 5.92 Å². The Bertz CT molecular complexity index is 296. The van der Waals surface area contributed by atoms with Crippen molar-refractivity contribution < 1.29 is 14.3 Å². The summed E-state index contributed by atoms with van der Waals surface area (Å²) < 4.78 is 4.88. The van der Waals surface area contributed by atoms with E-state index >= 15 is 0 Å². The van der Waals surface area contributed by atoms with Gasteiger partial charge in [-0.3, -0.25) is 9.59 Å². The van der Waals surface area contributed by atoms with Crippen LogP contribution in [0.15, 0.2) is 0 Å². The van der Waals surface area contributed by atoms with E-state index in [0.29, 0.717) is 0 Å². The summed E-state index contributed by atoms with van der Waals surface area (Å²) in [5, 5.41) is 2.50. The molecule has 90 valence electrons. The van der Waals surface area contributed by atoms with E-state index in [1.165, 1.54) is 0 Å². The lowest BCUT2D eigenvalue weighted by Gasteiger charge is -2.27. The third-order valence-corrected chi connectivity index (χ3v) is 2.02. The molecule has 1 atom stereocenters. The molecule has 0 bridgehead atoms. The molecule has 0 aliphatic rings. The minimum Gasteiger partial charge on any atom is -0.465 e. The average molecular weight is 225 g/mol. The van der Waals surface area contributed by atoms with E-state index in [1.807, 2.05) is 20.8 Å². The standard InChI is InChI=1S/C12H19NO3/c1-6-8-13-10(14)9(12(3,4)5)11(15)16-7-2/h1,9H,7-8H2,2-5H3,(H,13,14). The fourth-order valence-electron chi connectivity index (χ4n) is 1.32. The summed E-state index contributed by atoms with van der Waals surface area (Å²) >= 11 is 0. The maximum atomic E-state index is 11.8. The second-order valence-corrected chi connectivity index (χ2v) is 4.47. The Kier molecular flexibility index (Phi) is 5.59. The van der Waals surface area contributed by atoms with Crippen LogP contribution >= 0.6 is 0 Å². The van der Waals surface area contributed by atoms with Gasteiger partial charge in [-0.15, -0.1) is 6.42 Å². The molecule has 0 radical (unpaired) electrons. The van der Waals surface area contributed by atoms with E-state index in [0.717, 1.165) is 0 Å². The van der Waals surface area contributed by atoms with Gasteiger partial charge in [0.05, 0.1) is 13.2 Å². The molecule has 0 aromatic rings. The highest BCUT2D eigenvalue weighted by Gasteiger charge is 2.38. The predicted octanol–water partition coefficient (Wildman–Crippen LogP) is 0.961. The van der Waals surface area contributed by atoms with Gasteiger partial charge >= 0.3 is 5.97 Å². The van der Waals surface area contributed by atoms with Gasteiger partial charge in [-0.25, -0.2) is 0 Å². The lowest BCUT2D eigenvalue weighted by atomic mass is 9.80. The van der Waals surface area contributed by atoms with Gasteiger partial charge in [0, 0.05) is 0 Å². The fourth-order valence-corrected chi connectivity index (χ4v) is 1.32. The summed E-state index contributed by atoms with van der Waals surface area (Å²) in [6.45, 7) is 7.51. The van der Waals surface area contributed by atoms with Crippen LogP contribution in [0.5, 0.6) is 0 Å². The minimum atomic E-state index is -0.833. The topological polar surface area (TPSA) is 55.4 Å². The maximum Gasteiger partial charge on any atom is 0.319 e. The minimum absolute atomic E-state index is 0.116. The van der Waals surface area contributed by atoms with E-state index < -0.39 is 17.3 Å². The zero-order chi connectivity index (χ0) is 12.8. The molecule has 0 aromatic carbocycles. The number of carbonyl (C=O) groups is 2. The highest BCUT2D eigenvalue weighted by Crippen LogP contribution is 2.27. The Morgan fingerprint density at radius 3 is 2.38 bits per heavy atom. The first-order chi connectivity index (χ1) is 7.34. The molecule has 1 N–H and O–H groups in total. The van der Waals surface area contributed by atoms with E-state index in [2.05, 4.69) is 11.2 Å². The number of hydrogen-bond acceptors (Lipinski definition) is 3. The Morgan fingerprint density at radius 1 is 1.44 bits per heavy atom. The third kappa shape index (κ3) is 4.35. The lowest BCUT2D eigenvalue weighted by Crippen LogP contribution is -2.43. The number of carbonyl (C=O) groups excluding carboxylic acids is 2. The number of hydrogen-bond donors (Lipinski definition) is 1. The molecule has 0 heterocycles. The predicted molar refractivity (Wildman–Crippen MR) is 61.4 cm³/mol. The zero-order valence-electron chi connectivity index (χ0n) is 10.3. The summed E-state index contributed by atoms with van der Waals surface area (Å²) in [6.07, 6.45) is 5.04. The van der Waals surface area contributed by atoms with Gasteiger partial charge in [0.25, 0.3) is 0 Å². The fraction of sp³-hybridized carbons (Fsp3) is 0.667. The summed E-state index contributed by atoms with van der Waals surface area (Å²) in [5.41, 5.74) is -0.495. The van der Waals surface area contributed by atoms with Gasteiger partial charge in [0.2, 0.25) is 5.91 Å². The lowest BCUT2D eigenvalue weighted by molar-refractivity contribution is -0.156. The van der Waals surface area contributed by atoms with Crippen LogP contribution in [0.2, 0.25) is 0 Å². The molecule has 0 aliphatic heterocycles. The highest BCUT2D eigenvalue weighted by atomic mass is 16.5. The Balaban J connectivity index is 4.76. The van der Waals surface area contributed by atoms with Crippen molar-refractivity contribution in [3.8, 4) is 12.3 Å². The average Bonchev–Trinajstić information content (AvgIpc) is 2.13. The first-order valence-corrected chi connectivity index (χ1v) is 5.22. The van der Waals surface area contributed by atoms with Crippen molar-refractivity contribution in [2.45, 2.75) is 27.7 Å². The number of ether oxygens (including phenoxy) is 1. The normalized spacial score (nSPS) is 12.4. The smallest absolute Gasteiger partial charge is 0.319 e.